The molecule has 84 valence electrons. The summed E-state index contributed by atoms with van der Waals surface area (Å²) in [5.41, 5.74) is 0. The number of hydrogen-bond donors (Lipinski definition) is 6. The van der Waals surface area contributed by atoms with Crippen LogP contribution in [0.3, 0.4) is 0 Å². The zero-order valence-electron chi connectivity index (χ0n) is 6.81. The van der Waals surface area contributed by atoms with Crippen LogP contribution in [-0.2, 0) is 9.59 Å². The second-order valence-corrected chi connectivity index (χ2v) is 2.55. The summed E-state index contributed by atoms with van der Waals surface area (Å²) in [5, 5.41) is 51.5. The Morgan fingerprint density at radius 3 is 1.07 bits per heavy atom. The number of aliphatic hydroxyl groups is 4. The summed E-state index contributed by atoms with van der Waals surface area (Å²) in [6.45, 7) is 0. The van der Waals surface area contributed by atoms with Gasteiger partial charge in [0.25, 0.3) is 0 Å². The average molecular weight is 250 g/mol. The van der Waals surface area contributed by atoms with Crippen LogP contribution in [-0.4, -0.2) is 118 Å². The Labute approximate surface area is 127 Å². The first-order chi connectivity index (χ1) is 6.29. The molecule has 0 spiro atoms. The number of carbonyl (C=O) groups is 2. The first kappa shape index (κ1) is 17.8. The normalized spacial score (nSPS) is 18.1. The van der Waals surface area contributed by atoms with E-state index in [4.69, 9.17) is 30.6 Å². The molecule has 0 fully saturated rings. The number of rotatable bonds is 5. The molecular formula is C6H11KO8. The van der Waals surface area contributed by atoms with E-state index in [9.17, 15) is 9.59 Å². The van der Waals surface area contributed by atoms with Crippen molar-refractivity contribution in [3.05, 3.63) is 0 Å². The molecule has 0 saturated heterocycles. The van der Waals surface area contributed by atoms with Crippen LogP contribution in [0.15, 0.2) is 0 Å². The fourth-order valence-electron chi connectivity index (χ4n) is 0.666. The molecule has 0 rings (SSSR count). The van der Waals surface area contributed by atoms with Crippen LogP contribution in [0.25, 0.3) is 0 Å². The van der Waals surface area contributed by atoms with E-state index in [-0.39, 0.29) is 51.4 Å². The Morgan fingerprint density at radius 2 is 0.933 bits per heavy atom. The van der Waals surface area contributed by atoms with E-state index in [1.165, 1.54) is 0 Å². The fraction of sp³-hybridized carbons (Fsp3) is 0.667. The summed E-state index contributed by atoms with van der Waals surface area (Å²) in [5.74, 6) is -3.68. The first-order valence-electron chi connectivity index (χ1n) is 3.47. The zero-order chi connectivity index (χ0) is 11.5. The Morgan fingerprint density at radius 1 is 0.733 bits per heavy atom. The van der Waals surface area contributed by atoms with Gasteiger partial charge in [0.15, 0.2) is 12.2 Å². The van der Waals surface area contributed by atoms with Crippen molar-refractivity contribution in [2.45, 2.75) is 24.4 Å². The Balaban J connectivity index is 0. The van der Waals surface area contributed by atoms with E-state index >= 15 is 0 Å². The number of carboxylic acid groups (broad SMARTS) is 2. The molecule has 0 aliphatic heterocycles. The van der Waals surface area contributed by atoms with Gasteiger partial charge in [-0.25, -0.2) is 9.59 Å². The predicted octanol–water partition coefficient (Wildman–Crippen LogP) is -4.05. The van der Waals surface area contributed by atoms with Gasteiger partial charge in [0.1, 0.15) is 12.2 Å². The van der Waals surface area contributed by atoms with E-state index < -0.39 is 36.4 Å². The van der Waals surface area contributed by atoms with Crippen LogP contribution in [0.2, 0.25) is 0 Å². The summed E-state index contributed by atoms with van der Waals surface area (Å²) in [6.07, 6.45) is -9.28. The second-order valence-electron chi connectivity index (χ2n) is 2.55. The Bertz CT molecular complexity index is 207. The number of aliphatic carboxylic acids is 2. The predicted molar refractivity (Wildman–Crippen MR) is 46.4 cm³/mol. The molecule has 0 aliphatic rings. The molecule has 0 aromatic carbocycles. The number of carboxylic acids is 2. The van der Waals surface area contributed by atoms with Crippen LogP contribution in [0.5, 0.6) is 0 Å². The maximum atomic E-state index is 10.1. The van der Waals surface area contributed by atoms with Gasteiger partial charge in [-0.2, -0.15) is 0 Å². The van der Waals surface area contributed by atoms with E-state index in [2.05, 4.69) is 0 Å². The van der Waals surface area contributed by atoms with Gasteiger partial charge in [-0.1, -0.05) is 0 Å². The van der Waals surface area contributed by atoms with Crippen LogP contribution in [0, 0.1) is 0 Å². The molecule has 8 nitrogen and oxygen atoms in total. The van der Waals surface area contributed by atoms with Crippen molar-refractivity contribution < 1.29 is 40.2 Å². The molecule has 0 aromatic heterocycles. The molecule has 0 radical (unpaired) electrons. The third-order valence-electron chi connectivity index (χ3n) is 1.50. The Kier molecular flexibility index (Phi) is 9.08. The van der Waals surface area contributed by atoms with Crippen molar-refractivity contribution in [2.24, 2.45) is 0 Å². The molecule has 0 aromatic rings. The van der Waals surface area contributed by atoms with Gasteiger partial charge in [0.05, 0.1) is 0 Å². The number of aliphatic hydroxyl groups excluding tert-OH is 4. The molecule has 0 heterocycles. The minimum atomic E-state index is -2.36. The van der Waals surface area contributed by atoms with Gasteiger partial charge < -0.3 is 30.6 Å². The van der Waals surface area contributed by atoms with Crippen LogP contribution in [0.1, 0.15) is 0 Å². The van der Waals surface area contributed by atoms with Crippen LogP contribution in [0.4, 0.5) is 0 Å². The van der Waals surface area contributed by atoms with Crippen molar-refractivity contribution in [3.63, 3.8) is 0 Å². The van der Waals surface area contributed by atoms with Crippen molar-refractivity contribution in [1.29, 1.82) is 0 Å². The van der Waals surface area contributed by atoms with Crippen molar-refractivity contribution >= 4 is 63.3 Å². The zero-order valence-corrected chi connectivity index (χ0v) is 6.81. The molecule has 9 heteroatoms. The van der Waals surface area contributed by atoms with Crippen molar-refractivity contribution in [1.82, 2.24) is 0 Å². The molecule has 0 aliphatic carbocycles. The third kappa shape index (κ3) is 5.33. The van der Waals surface area contributed by atoms with Gasteiger partial charge in [-0.05, 0) is 0 Å². The summed E-state index contributed by atoms with van der Waals surface area (Å²) >= 11 is 0. The van der Waals surface area contributed by atoms with Gasteiger partial charge in [0, 0.05) is 0 Å². The van der Waals surface area contributed by atoms with Crippen molar-refractivity contribution in [3.8, 4) is 0 Å². The molecule has 0 amide bonds. The molecule has 6 N–H and O–H groups in total. The third-order valence-corrected chi connectivity index (χ3v) is 1.50. The van der Waals surface area contributed by atoms with Gasteiger partial charge in [-0.15, -0.1) is 0 Å². The van der Waals surface area contributed by atoms with Crippen LogP contribution < -0.4 is 0 Å². The summed E-state index contributed by atoms with van der Waals surface area (Å²) in [4.78, 5) is 20.2. The standard InChI is InChI=1S/C6H10O8.K.H/c7-1(3(9)5(11)12)2(8)4(10)6(13)14;;/h1-4,7-10H,(H,11,12)(H,13,14);;. The van der Waals surface area contributed by atoms with E-state index in [1.807, 2.05) is 0 Å². The van der Waals surface area contributed by atoms with E-state index in [0.717, 1.165) is 0 Å². The molecular weight excluding hydrogens is 239 g/mol. The Hall–Kier alpha value is 0.416. The molecule has 15 heavy (non-hydrogen) atoms. The summed E-state index contributed by atoms with van der Waals surface area (Å²) in [6, 6.07) is 0. The molecule has 0 saturated carbocycles. The van der Waals surface area contributed by atoms with Gasteiger partial charge >= 0.3 is 63.3 Å². The maximum absolute atomic E-state index is 10.1. The molecule has 0 bridgehead atoms. The van der Waals surface area contributed by atoms with Gasteiger partial charge in [-0.3, -0.25) is 0 Å². The fourth-order valence-corrected chi connectivity index (χ4v) is 0.666. The summed E-state index contributed by atoms with van der Waals surface area (Å²) < 4.78 is 0. The van der Waals surface area contributed by atoms with Gasteiger partial charge in [0.2, 0.25) is 0 Å². The average Bonchev–Trinajstić information content (AvgIpc) is 2.12. The quantitative estimate of drug-likeness (QED) is 0.269. The van der Waals surface area contributed by atoms with E-state index in [0.29, 0.717) is 0 Å². The van der Waals surface area contributed by atoms with E-state index in [1.54, 1.807) is 0 Å². The SMILES string of the molecule is O=C(O)C(O)C(O)C(O)C(O)C(=O)O.[KH]. The monoisotopic (exact) mass is 250 g/mol. The first-order valence-corrected chi connectivity index (χ1v) is 3.47. The topological polar surface area (TPSA) is 156 Å². The molecule has 4 atom stereocenters. The van der Waals surface area contributed by atoms with Crippen LogP contribution >= 0.6 is 0 Å². The number of hydrogen-bond acceptors (Lipinski definition) is 6. The van der Waals surface area contributed by atoms with Crippen molar-refractivity contribution in [2.75, 3.05) is 0 Å². The minimum absolute atomic E-state index is 0. The summed E-state index contributed by atoms with van der Waals surface area (Å²) in [7, 11) is 0. The second kappa shape index (κ2) is 7.65. The molecule has 4 unspecified atom stereocenters.